The molecular weight excluding hydrogens is 294 g/mol. The van der Waals surface area contributed by atoms with Gasteiger partial charge in [-0.15, -0.1) is 0 Å². The number of aromatic nitrogens is 2. The third-order valence-corrected chi connectivity index (χ3v) is 3.30. The molecule has 2 amide bonds. The van der Waals surface area contributed by atoms with Gasteiger partial charge >= 0.3 is 6.01 Å². The summed E-state index contributed by atoms with van der Waals surface area (Å²) in [6.07, 6.45) is 0. The number of ether oxygens (including phenoxy) is 1. The smallest absolute Gasteiger partial charge is 0.317 e. The summed E-state index contributed by atoms with van der Waals surface area (Å²) in [5.74, 6) is -0.686. The van der Waals surface area contributed by atoms with E-state index in [-0.39, 0.29) is 29.5 Å². The molecule has 0 radical (unpaired) electrons. The number of imide groups is 1. The third-order valence-electron chi connectivity index (χ3n) is 3.11. The van der Waals surface area contributed by atoms with Crippen LogP contribution in [0.3, 0.4) is 0 Å². The molecule has 0 spiro atoms. The molecule has 21 heavy (non-hydrogen) atoms. The van der Waals surface area contributed by atoms with Gasteiger partial charge in [-0.2, -0.15) is 9.97 Å². The number of halogens is 1. The van der Waals surface area contributed by atoms with Gasteiger partial charge in [0.2, 0.25) is 0 Å². The molecule has 1 aromatic carbocycles. The monoisotopic (exact) mass is 303 g/mol. The van der Waals surface area contributed by atoms with Crippen molar-refractivity contribution in [1.29, 1.82) is 0 Å². The SMILES string of the molecule is COc1nc(Cl)cc(CN2C(=O)c3ccccc3C2=O)n1. The minimum atomic E-state index is -0.343. The molecule has 0 atom stereocenters. The molecule has 2 heterocycles. The Labute approximate surface area is 125 Å². The second-order valence-electron chi connectivity index (χ2n) is 4.41. The maximum atomic E-state index is 12.2. The number of fused-ring (bicyclic) bond motifs is 1. The maximum absolute atomic E-state index is 12.2. The summed E-state index contributed by atoms with van der Waals surface area (Å²) in [6, 6.07) is 8.28. The van der Waals surface area contributed by atoms with Gasteiger partial charge in [0.1, 0.15) is 5.15 Å². The fraction of sp³-hybridized carbons (Fsp3) is 0.143. The van der Waals surface area contributed by atoms with Crippen molar-refractivity contribution >= 4 is 23.4 Å². The van der Waals surface area contributed by atoms with Crippen LogP contribution < -0.4 is 4.74 Å². The Morgan fingerprint density at radius 1 is 1.14 bits per heavy atom. The summed E-state index contributed by atoms with van der Waals surface area (Å²) in [6.45, 7) is 0.0188. The molecule has 1 aromatic heterocycles. The number of benzene rings is 1. The van der Waals surface area contributed by atoms with Crippen molar-refractivity contribution < 1.29 is 14.3 Å². The van der Waals surface area contributed by atoms with Crippen LogP contribution in [0.25, 0.3) is 0 Å². The molecule has 0 fully saturated rings. The van der Waals surface area contributed by atoms with E-state index < -0.39 is 0 Å². The lowest BCUT2D eigenvalue weighted by Gasteiger charge is -2.13. The Hall–Kier alpha value is -2.47. The van der Waals surface area contributed by atoms with Gasteiger partial charge in [0.15, 0.2) is 0 Å². The fourth-order valence-corrected chi connectivity index (χ4v) is 2.36. The lowest BCUT2D eigenvalue weighted by atomic mass is 10.1. The van der Waals surface area contributed by atoms with E-state index in [2.05, 4.69) is 9.97 Å². The predicted octanol–water partition coefficient (Wildman–Crippen LogP) is 1.93. The first-order chi connectivity index (χ1) is 10.1. The summed E-state index contributed by atoms with van der Waals surface area (Å²) in [4.78, 5) is 33.6. The van der Waals surface area contributed by atoms with Crippen LogP contribution in [0.1, 0.15) is 26.4 Å². The van der Waals surface area contributed by atoms with Gasteiger partial charge in [-0.25, -0.2) is 0 Å². The molecule has 3 rings (SSSR count). The van der Waals surface area contributed by atoms with E-state index in [1.54, 1.807) is 24.3 Å². The van der Waals surface area contributed by atoms with Crippen LogP contribution in [-0.2, 0) is 6.54 Å². The lowest BCUT2D eigenvalue weighted by Crippen LogP contribution is -2.29. The first-order valence-corrected chi connectivity index (χ1v) is 6.50. The van der Waals surface area contributed by atoms with Crippen LogP contribution in [0.2, 0.25) is 5.15 Å². The van der Waals surface area contributed by atoms with Gasteiger partial charge < -0.3 is 4.74 Å². The molecule has 1 aliphatic heterocycles. The number of carbonyl (C=O) groups excluding carboxylic acids is 2. The standard InChI is InChI=1S/C14H10ClN3O3/c1-21-14-16-8(6-11(15)17-14)7-18-12(19)9-4-2-3-5-10(9)13(18)20/h2-6H,7H2,1H3. The van der Waals surface area contributed by atoms with Crippen LogP contribution in [0, 0.1) is 0 Å². The molecule has 6 nitrogen and oxygen atoms in total. The number of hydrogen-bond acceptors (Lipinski definition) is 5. The maximum Gasteiger partial charge on any atom is 0.317 e. The molecule has 1 aliphatic rings. The van der Waals surface area contributed by atoms with Gasteiger partial charge in [-0.3, -0.25) is 14.5 Å². The van der Waals surface area contributed by atoms with E-state index in [9.17, 15) is 9.59 Å². The van der Waals surface area contributed by atoms with Crippen molar-refractivity contribution in [2.75, 3.05) is 7.11 Å². The van der Waals surface area contributed by atoms with Gasteiger partial charge in [-0.1, -0.05) is 23.7 Å². The van der Waals surface area contributed by atoms with Crippen molar-refractivity contribution in [2.45, 2.75) is 6.54 Å². The van der Waals surface area contributed by atoms with Crippen LogP contribution >= 0.6 is 11.6 Å². The van der Waals surface area contributed by atoms with Crippen molar-refractivity contribution in [1.82, 2.24) is 14.9 Å². The fourth-order valence-electron chi connectivity index (χ4n) is 2.16. The van der Waals surface area contributed by atoms with Gasteiger partial charge in [0.25, 0.3) is 11.8 Å². The number of rotatable bonds is 3. The normalized spacial score (nSPS) is 13.5. The molecule has 7 heteroatoms. The number of hydrogen-bond donors (Lipinski definition) is 0. The van der Waals surface area contributed by atoms with E-state index in [0.29, 0.717) is 16.8 Å². The zero-order valence-corrected chi connectivity index (χ0v) is 11.8. The van der Waals surface area contributed by atoms with Crippen LogP contribution in [-0.4, -0.2) is 33.8 Å². The van der Waals surface area contributed by atoms with Crippen molar-refractivity contribution in [3.8, 4) is 6.01 Å². The number of methoxy groups -OCH3 is 1. The molecule has 0 aliphatic carbocycles. The summed E-state index contributed by atoms with van der Waals surface area (Å²) < 4.78 is 4.92. The Bertz CT molecular complexity index is 713. The topological polar surface area (TPSA) is 72.4 Å². The summed E-state index contributed by atoms with van der Waals surface area (Å²) in [7, 11) is 1.41. The number of amides is 2. The van der Waals surface area contributed by atoms with E-state index in [0.717, 1.165) is 4.90 Å². The highest BCUT2D eigenvalue weighted by molar-refractivity contribution is 6.29. The van der Waals surface area contributed by atoms with E-state index >= 15 is 0 Å². The molecule has 0 unspecified atom stereocenters. The Balaban J connectivity index is 1.92. The summed E-state index contributed by atoms with van der Waals surface area (Å²) in [5.41, 5.74) is 1.23. The number of carbonyl (C=O) groups is 2. The van der Waals surface area contributed by atoms with E-state index in [1.165, 1.54) is 13.2 Å². The highest BCUT2D eigenvalue weighted by Gasteiger charge is 2.35. The van der Waals surface area contributed by atoms with E-state index in [1.807, 2.05) is 0 Å². The minimum Gasteiger partial charge on any atom is -0.467 e. The second-order valence-corrected chi connectivity index (χ2v) is 4.80. The Kier molecular flexibility index (Phi) is 3.31. The minimum absolute atomic E-state index is 0.0188. The number of nitrogens with zero attached hydrogens (tertiary/aromatic N) is 3. The summed E-state index contributed by atoms with van der Waals surface area (Å²) >= 11 is 5.86. The van der Waals surface area contributed by atoms with Crippen LogP contribution in [0.5, 0.6) is 6.01 Å². The highest BCUT2D eigenvalue weighted by atomic mass is 35.5. The van der Waals surface area contributed by atoms with Crippen molar-refractivity contribution in [3.63, 3.8) is 0 Å². The molecular formula is C14H10ClN3O3. The molecule has 0 saturated carbocycles. The zero-order chi connectivity index (χ0) is 15.0. The van der Waals surface area contributed by atoms with Gasteiger partial charge in [0.05, 0.1) is 30.5 Å². The van der Waals surface area contributed by atoms with E-state index in [4.69, 9.17) is 16.3 Å². The highest BCUT2D eigenvalue weighted by Crippen LogP contribution is 2.24. The van der Waals surface area contributed by atoms with Gasteiger partial charge in [0, 0.05) is 0 Å². The Morgan fingerprint density at radius 3 is 2.33 bits per heavy atom. The van der Waals surface area contributed by atoms with Crippen LogP contribution in [0.15, 0.2) is 30.3 Å². The van der Waals surface area contributed by atoms with Crippen LogP contribution in [0.4, 0.5) is 0 Å². The van der Waals surface area contributed by atoms with Crippen molar-refractivity contribution in [2.24, 2.45) is 0 Å². The first kappa shape index (κ1) is 13.5. The van der Waals surface area contributed by atoms with Gasteiger partial charge in [-0.05, 0) is 18.2 Å². The zero-order valence-electron chi connectivity index (χ0n) is 11.0. The first-order valence-electron chi connectivity index (χ1n) is 6.13. The average molecular weight is 304 g/mol. The Morgan fingerprint density at radius 2 is 1.76 bits per heavy atom. The lowest BCUT2D eigenvalue weighted by molar-refractivity contribution is 0.0640. The molecule has 106 valence electrons. The second kappa shape index (κ2) is 5.14. The predicted molar refractivity (Wildman–Crippen MR) is 74.2 cm³/mol. The van der Waals surface area contributed by atoms with Crippen molar-refractivity contribution in [3.05, 3.63) is 52.3 Å². The quantitative estimate of drug-likeness (QED) is 0.640. The molecule has 0 bridgehead atoms. The third kappa shape index (κ3) is 2.34. The molecule has 2 aromatic rings. The average Bonchev–Trinajstić information content (AvgIpc) is 2.72. The largest absolute Gasteiger partial charge is 0.467 e. The molecule has 0 saturated heterocycles. The summed E-state index contributed by atoms with van der Waals surface area (Å²) in [5, 5.41) is 0.188. The molecule has 0 N–H and O–H groups in total.